The van der Waals surface area contributed by atoms with E-state index in [1.54, 1.807) is 18.4 Å². The lowest BCUT2D eigenvalue weighted by Gasteiger charge is -2.38. The van der Waals surface area contributed by atoms with Crippen LogP contribution in [-0.2, 0) is 19.7 Å². The lowest BCUT2D eigenvalue weighted by atomic mass is 9.89. The predicted octanol–water partition coefficient (Wildman–Crippen LogP) is 0.843. The molecule has 0 aromatic heterocycles. The highest BCUT2D eigenvalue weighted by molar-refractivity contribution is 7.86. The van der Waals surface area contributed by atoms with Gasteiger partial charge in [0.05, 0.1) is 18.3 Å². The van der Waals surface area contributed by atoms with Gasteiger partial charge in [-0.1, -0.05) is 0 Å². The lowest BCUT2D eigenvalue weighted by molar-refractivity contribution is -0.0345. The minimum absolute atomic E-state index is 0.160. The normalized spacial score (nSPS) is 30.3. The quantitative estimate of drug-likeness (QED) is 0.754. The first-order valence-corrected chi connectivity index (χ1v) is 9.24. The second-order valence-electron chi connectivity index (χ2n) is 6.79. The van der Waals surface area contributed by atoms with E-state index in [1.807, 2.05) is 0 Å². The van der Waals surface area contributed by atoms with E-state index in [1.165, 1.54) is 17.1 Å². The largest absolute Gasteiger partial charge is 0.375 e. The molecule has 1 spiro atoms. The minimum atomic E-state index is -3.29. The molecule has 2 heterocycles. The predicted molar refractivity (Wildman–Crippen MR) is 79.2 cm³/mol. The Hall–Kier alpha value is -0.210. The molecule has 0 radical (unpaired) electrons. The van der Waals surface area contributed by atoms with Gasteiger partial charge in [-0.25, -0.2) is 0 Å². The molecule has 0 aromatic rings. The monoisotopic (exact) mass is 318 g/mol. The van der Waals surface area contributed by atoms with Crippen molar-refractivity contribution >= 4 is 10.2 Å². The molecule has 1 atom stereocenters. The van der Waals surface area contributed by atoms with Crippen LogP contribution >= 0.6 is 0 Å². The van der Waals surface area contributed by atoms with E-state index < -0.39 is 10.2 Å². The van der Waals surface area contributed by atoms with Crippen LogP contribution in [0.15, 0.2) is 0 Å². The molecule has 3 rings (SSSR count). The Morgan fingerprint density at radius 2 is 1.95 bits per heavy atom. The van der Waals surface area contributed by atoms with Crippen molar-refractivity contribution < 1.29 is 17.9 Å². The standard InChI is InChI=1S/C14H26N2O4S/c1-15(2)21(17,18)16-7-5-14(6-8-16)9-13(11-20-14)19-10-12-3-4-12/h12-13H,3-11H2,1-2H3/t13-/m0/s1. The third-order valence-electron chi connectivity index (χ3n) is 4.86. The Morgan fingerprint density at radius 3 is 2.52 bits per heavy atom. The van der Waals surface area contributed by atoms with Crippen LogP contribution in [0.5, 0.6) is 0 Å². The molecular formula is C14H26N2O4S. The SMILES string of the molecule is CN(C)S(=O)(=O)N1CCC2(CC1)C[C@H](OCC1CC1)CO2. The van der Waals surface area contributed by atoms with Gasteiger partial charge in [0.15, 0.2) is 0 Å². The summed E-state index contributed by atoms with van der Waals surface area (Å²) in [6.45, 7) is 2.60. The first kappa shape index (κ1) is 15.7. The second kappa shape index (κ2) is 5.77. The smallest absolute Gasteiger partial charge is 0.281 e. The van der Waals surface area contributed by atoms with Crippen LogP contribution in [0.2, 0.25) is 0 Å². The molecule has 3 fully saturated rings. The van der Waals surface area contributed by atoms with E-state index in [9.17, 15) is 8.42 Å². The molecule has 0 N–H and O–H groups in total. The highest BCUT2D eigenvalue weighted by Crippen LogP contribution is 2.38. The summed E-state index contributed by atoms with van der Waals surface area (Å²) in [6.07, 6.45) is 5.25. The molecule has 122 valence electrons. The van der Waals surface area contributed by atoms with Crippen LogP contribution in [0.25, 0.3) is 0 Å². The average molecular weight is 318 g/mol. The van der Waals surface area contributed by atoms with Crippen molar-refractivity contribution in [3.63, 3.8) is 0 Å². The lowest BCUT2D eigenvalue weighted by Crippen LogP contribution is -2.49. The van der Waals surface area contributed by atoms with Gasteiger partial charge in [0, 0.05) is 40.2 Å². The fourth-order valence-electron chi connectivity index (χ4n) is 3.17. The molecule has 3 aliphatic rings. The van der Waals surface area contributed by atoms with Crippen molar-refractivity contribution in [2.24, 2.45) is 5.92 Å². The zero-order valence-corrected chi connectivity index (χ0v) is 13.8. The second-order valence-corrected chi connectivity index (χ2v) is 8.93. The van der Waals surface area contributed by atoms with Crippen LogP contribution in [-0.4, -0.2) is 69.1 Å². The summed E-state index contributed by atoms with van der Waals surface area (Å²) >= 11 is 0. The summed E-state index contributed by atoms with van der Waals surface area (Å²) < 4.78 is 39.0. The van der Waals surface area contributed by atoms with E-state index in [0.29, 0.717) is 19.7 Å². The van der Waals surface area contributed by atoms with Gasteiger partial charge >= 0.3 is 0 Å². The third kappa shape index (κ3) is 3.42. The molecule has 0 unspecified atom stereocenters. The summed E-state index contributed by atoms with van der Waals surface area (Å²) in [4.78, 5) is 0. The Bertz CT molecular complexity index is 467. The van der Waals surface area contributed by atoms with Crippen molar-refractivity contribution in [1.29, 1.82) is 0 Å². The van der Waals surface area contributed by atoms with E-state index in [-0.39, 0.29) is 11.7 Å². The first-order valence-electron chi connectivity index (χ1n) is 7.84. The van der Waals surface area contributed by atoms with E-state index in [0.717, 1.165) is 31.8 Å². The van der Waals surface area contributed by atoms with Gasteiger partial charge < -0.3 is 9.47 Å². The van der Waals surface area contributed by atoms with Gasteiger partial charge in [-0.05, 0) is 31.6 Å². The highest BCUT2D eigenvalue weighted by Gasteiger charge is 2.45. The van der Waals surface area contributed by atoms with E-state index in [2.05, 4.69) is 0 Å². The van der Waals surface area contributed by atoms with Crippen LogP contribution in [0, 0.1) is 5.92 Å². The minimum Gasteiger partial charge on any atom is -0.375 e. The molecule has 1 aliphatic carbocycles. The van der Waals surface area contributed by atoms with Crippen molar-refractivity contribution in [2.45, 2.75) is 43.8 Å². The zero-order valence-electron chi connectivity index (χ0n) is 13.0. The van der Waals surface area contributed by atoms with Gasteiger partial charge in [0.1, 0.15) is 0 Å². The van der Waals surface area contributed by atoms with Crippen LogP contribution in [0.3, 0.4) is 0 Å². The van der Waals surface area contributed by atoms with Gasteiger partial charge in [-0.15, -0.1) is 0 Å². The molecule has 0 bridgehead atoms. The first-order chi connectivity index (χ1) is 9.91. The topological polar surface area (TPSA) is 59.1 Å². The number of hydrogen-bond acceptors (Lipinski definition) is 4. The average Bonchev–Trinajstić information content (AvgIpc) is 3.20. The van der Waals surface area contributed by atoms with E-state index >= 15 is 0 Å². The number of nitrogens with zero attached hydrogens (tertiary/aromatic N) is 2. The molecule has 6 nitrogen and oxygen atoms in total. The zero-order chi connectivity index (χ0) is 15.1. The molecule has 0 amide bonds. The summed E-state index contributed by atoms with van der Waals surface area (Å²) in [6, 6.07) is 0. The fourth-order valence-corrected chi connectivity index (χ4v) is 4.28. The number of piperidine rings is 1. The maximum atomic E-state index is 12.1. The van der Waals surface area contributed by atoms with Crippen LogP contribution < -0.4 is 0 Å². The molecule has 7 heteroatoms. The highest BCUT2D eigenvalue weighted by atomic mass is 32.2. The van der Waals surface area contributed by atoms with Crippen molar-refractivity contribution in [3.8, 4) is 0 Å². The molecule has 1 saturated carbocycles. The van der Waals surface area contributed by atoms with Gasteiger partial charge in [-0.3, -0.25) is 0 Å². The van der Waals surface area contributed by atoms with Crippen molar-refractivity contribution in [1.82, 2.24) is 8.61 Å². The number of rotatable bonds is 5. The maximum absolute atomic E-state index is 12.1. The van der Waals surface area contributed by atoms with Gasteiger partial charge in [0.25, 0.3) is 10.2 Å². The van der Waals surface area contributed by atoms with Crippen molar-refractivity contribution in [3.05, 3.63) is 0 Å². The number of hydrogen-bond donors (Lipinski definition) is 0. The summed E-state index contributed by atoms with van der Waals surface area (Å²) in [5, 5.41) is 0. The summed E-state index contributed by atoms with van der Waals surface area (Å²) in [7, 11) is -0.139. The Labute approximate surface area is 127 Å². The van der Waals surface area contributed by atoms with Crippen molar-refractivity contribution in [2.75, 3.05) is 40.4 Å². The summed E-state index contributed by atoms with van der Waals surface area (Å²) in [5.74, 6) is 0.772. The Kier molecular flexibility index (Phi) is 4.31. The van der Waals surface area contributed by atoms with Gasteiger partial charge in [-0.2, -0.15) is 17.0 Å². The summed E-state index contributed by atoms with van der Waals surface area (Å²) in [5.41, 5.74) is -0.160. The molecule has 0 aromatic carbocycles. The van der Waals surface area contributed by atoms with Crippen LogP contribution in [0.1, 0.15) is 32.1 Å². The number of ether oxygens (including phenoxy) is 2. The van der Waals surface area contributed by atoms with Crippen LogP contribution in [0.4, 0.5) is 0 Å². The third-order valence-corrected chi connectivity index (χ3v) is 6.80. The Balaban J connectivity index is 1.51. The molecule has 21 heavy (non-hydrogen) atoms. The molecular weight excluding hydrogens is 292 g/mol. The molecule has 2 aliphatic heterocycles. The maximum Gasteiger partial charge on any atom is 0.281 e. The fraction of sp³-hybridized carbons (Fsp3) is 1.00. The van der Waals surface area contributed by atoms with E-state index in [4.69, 9.17) is 9.47 Å². The Morgan fingerprint density at radius 1 is 1.29 bits per heavy atom. The molecule has 2 saturated heterocycles. The van der Waals surface area contributed by atoms with Gasteiger partial charge in [0.2, 0.25) is 0 Å².